The van der Waals surface area contributed by atoms with Gasteiger partial charge in [0.25, 0.3) is 0 Å². The molecule has 0 unspecified atom stereocenters. The standard InChI is InChI=1S/C17H33N5O5S2/c1-28-16-18-2-6-25-8-10-27-11-9-26-7-3-22-15-17(19-20-22)14-21-4-12-29(23,24)13-5-21/h15,18H,2-14,16H2,1H3. The Kier molecular flexibility index (Phi) is 12.1. The molecule has 0 aromatic carbocycles. The van der Waals surface area contributed by atoms with Crippen LogP contribution in [0.5, 0.6) is 0 Å². The Morgan fingerprint density at radius 2 is 1.72 bits per heavy atom. The van der Waals surface area contributed by atoms with Crippen LogP contribution in [-0.4, -0.2) is 111 Å². The third-order valence-corrected chi connectivity index (χ3v) is 6.39. The van der Waals surface area contributed by atoms with E-state index in [0.717, 1.165) is 18.1 Å². The molecule has 29 heavy (non-hydrogen) atoms. The van der Waals surface area contributed by atoms with Gasteiger partial charge in [0.15, 0.2) is 9.84 Å². The summed E-state index contributed by atoms with van der Waals surface area (Å²) >= 11 is 1.76. The predicted octanol–water partition coefficient (Wildman–Crippen LogP) is -0.532. The Labute approximate surface area is 177 Å². The lowest BCUT2D eigenvalue weighted by Crippen LogP contribution is -2.39. The van der Waals surface area contributed by atoms with Crippen molar-refractivity contribution in [3.63, 3.8) is 0 Å². The van der Waals surface area contributed by atoms with Gasteiger partial charge in [-0.15, -0.1) is 16.9 Å². The summed E-state index contributed by atoms with van der Waals surface area (Å²) in [5.41, 5.74) is 0.844. The zero-order chi connectivity index (χ0) is 20.8. The minimum absolute atomic E-state index is 0.221. The summed E-state index contributed by atoms with van der Waals surface area (Å²) in [6.45, 7) is 6.65. The average Bonchev–Trinajstić information content (AvgIpc) is 3.14. The van der Waals surface area contributed by atoms with Crippen molar-refractivity contribution in [3.8, 4) is 0 Å². The fourth-order valence-electron chi connectivity index (χ4n) is 2.68. The highest BCUT2D eigenvalue weighted by Crippen LogP contribution is 2.07. The number of thioether (sulfide) groups is 1. The van der Waals surface area contributed by atoms with Crippen LogP contribution >= 0.6 is 11.8 Å². The number of nitrogens with one attached hydrogen (secondary N) is 1. The topological polar surface area (TPSA) is 108 Å². The van der Waals surface area contributed by atoms with Crippen LogP contribution in [0.1, 0.15) is 5.69 Å². The maximum absolute atomic E-state index is 11.5. The molecule has 1 aromatic rings. The molecule has 1 N–H and O–H groups in total. The SMILES string of the molecule is CSCNCCOCCOCCOCCn1cc(CN2CCS(=O)(=O)CC2)nn1. The quantitative estimate of drug-likeness (QED) is 0.260. The van der Waals surface area contributed by atoms with Crippen molar-refractivity contribution in [3.05, 3.63) is 11.9 Å². The van der Waals surface area contributed by atoms with Crippen molar-refractivity contribution in [1.82, 2.24) is 25.2 Å². The van der Waals surface area contributed by atoms with Gasteiger partial charge in [0.2, 0.25) is 0 Å². The third kappa shape index (κ3) is 11.3. The van der Waals surface area contributed by atoms with E-state index in [1.165, 1.54) is 0 Å². The van der Waals surface area contributed by atoms with Gasteiger partial charge in [0.05, 0.1) is 63.4 Å². The fraction of sp³-hybridized carbons (Fsp3) is 0.882. The highest BCUT2D eigenvalue weighted by atomic mass is 32.2. The summed E-state index contributed by atoms with van der Waals surface area (Å²) in [5.74, 6) is 1.38. The first kappa shape index (κ1) is 24.5. The number of hydrogen-bond acceptors (Lipinski definition) is 10. The lowest BCUT2D eigenvalue weighted by Gasteiger charge is -2.25. The Morgan fingerprint density at radius 3 is 2.41 bits per heavy atom. The van der Waals surface area contributed by atoms with Crippen molar-refractivity contribution in [2.75, 3.05) is 82.9 Å². The van der Waals surface area contributed by atoms with E-state index in [4.69, 9.17) is 14.2 Å². The van der Waals surface area contributed by atoms with Crippen molar-refractivity contribution < 1.29 is 22.6 Å². The Bertz CT molecular complexity index is 644. The molecule has 0 atom stereocenters. The Morgan fingerprint density at radius 1 is 1.07 bits per heavy atom. The van der Waals surface area contributed by atoms with E-state index < -0.39 is 9.84 Å². The first-order valence-electron chi connectivity index (χ1n) is 9.84. The second-order valence-corrected chi connectivity index (χ2v) is 9.84. The number of hydrogen-bond donors (Lipinski definition) is 1. The lowest BCUT2D eigenvalue weighted by atomic mass is 10.4. The molecule has 10 nitrogen and oxygen atoms in total. The van der Waals surface area contributed by atoms with Gasteiger partial charge < -0.3 is 19.5 Å². The van der Waals surface area contributed by atoms with Crippen LogP contribution < -0.4 is 5.32 Å². The van der Waals surface area contributed by atoms with E-state index in [0.29, 0.717) is 65.8 Å². The van der Waals surface area contributed by atoms with Gasteiger partial charge in [-0.2, -0.15) is 0 Å². The molecule has 1 aliphatic heterocycles. The highest BCUT2D eigenvalue weighted by Gasteiger charge is 2.22. The zero-order valence-corrected chi connectivity index (χ0v) is 18.8. The van der Waals surface area contributed by atoms with E-state index in [2.05, 4.69) is 26.8 Å². The molecular weight excluding hydrogens is 418 g/mol. The second kappa shape index (κ2) is 14.3. The van der Waals surface area contributed by atoms with Gasteiger partial charge >= 0.3 is 0 Å². The van der Waals surface area contributed by atoms with Gasteiger partial charge in [-0.05, 0) is 6.26 Å². The van der Waals surface area contributed by atoms with Crippen LogP contribution in [0, 0.1) is 0 Å². The van der Waals surface area contributed by atoms with E-state index in [-0.39, 0.29) is 11.5 Å². The minimum atomic E-state index is -2.85. The van der Waals surface area contributed by atoms with Crippen LogP contribution in [0.15, 0.2) is 6.20 Å². The largest absolute Gasteiger partial charge is 0.378 e. The molecule has 12 heteroatoms. The van der Waals surface area contributed by atoms with E-state index in [1.807, 2.05) is 6.20 Å². The molecule has 0 spiro atoms. The number of aromatic nitrogens is 3. The Hall–Kier alpha value is -0.760. The van der Waals surface area contributed by atoms with Gasteiger partial charge in [0.1, 0.15) is 0 Å². The first-order valence-corrected chi connectivity index (χ1v) is 13.1. The summed E-state index contributed by atoms with van der Waals surface area (Å²) in [6, 6.07) is 0. The predicted molar refractivity (Wildman–Crippen MR) is 113 cm³/mol. The molecule has 0 aliphatic carbocycles. The number of sulfone groups is 1. The van der Waals surface area contributed by atoms with Crippen LogP contribution in [0.4, 0.5) is 0 Å². The number of nitrogens with zero attached hydrogens (tertiary/aromatic N) is 4. The van der Waals surface area contributed by atoms with Crippen molar-refractivity contribution in [2.24, 2.45) is 0 Å². The van der Waals surface area contributed by atoms with Crippen LogP contribution in [0.25, 0.3) is 0 Å². The van der Waals surface area contributed by atoms with Crippen LogP contribution in [0.3, 0.4) is 0 Å². The molecule has 2 heterocycles. The van der Waals surface area contributed by atoms with Crippen LogP contribution in [-0.2, 0) is 37.1 Å². The number of ether oxygens (including phenoxy) is 3. The van der Waals surface area contributed by atoms with E-state index >= 15 is 0 Å². The summed E-state index contributed by atoms with van der Waals surface area (Å²) in [4.78, 5) is 2.09. The summed E-state index contributed by atoms with van der Waals surface area (Å²) in [7, 11) is -2.85. The van der Waals surface area contributed by atoms with Gasteiger partial charge in [0, 0.05) is 38.3 Å². The average molecular weight is 452 g/mol. The van der Waals surface area contributed by atoms with Crippen LogP contribution in [0.2, 0.25) is 0 Å². The molecule has 1 saturated heterocycles. The minimum Gasteiger partial charge on any atom is -0.378 e. The normalized spacial score (nSPS) is 17.0. The molecule has 0 bridgehead atoms. The molecule has 0 radical (unpaired) electrons. The summed E-state index contributed by atoms with van der Waals surface area (Å²) in [6.07, 6.45) is 3.94. The van der Waals surface area contributed by atoms with Gasteiger partial charge in [-0.25, -0.2) is 13.1 Å². The molecule has 168 valence electrons. The van der Waals surface area contributed by atoms with E-state index in [1.54, 1.807) is 16.4 Å². The van der Waals surface area contributed by atoms with Gasteiger partial charge in [-0.1, -0.05) is 5.21 Å². The number of rotatable bonds is 16. The third-order valence-electron chi connectivity index (χ3n) is 4.29. The molecular formula is C17H33N5O5S2. The molecule has 2 rings (SSSR count). The maximum atomic E-state index is 11.5. The zero-order valence-electron chi connectivity index (χ0n) is 17.1. The maximum Gasteiger partial charge on any atom is 0.152 e. The highest BCUT2D eigenvalue weighted by molar-refractivity contribution is 7.98. The molecule has 1 fully saturated rings. The van der Waals surface area contributed by atoms with Gasteiger partial charge in [-0.3, -0.25) is 4.90 Å². The molecule has 1 aliphatic rings. The van der Waals surface area contributed by atoms with Crippen molar-refractivity contribution in [1.29, 1.82) is 0 Å². The fourth-order valence-corrected chi connectivity index (χ4v) is 4.30. The summed E-state index contributed by atoms with van der Waals surface area (Å²) < 4.78 is 41.1. The Balaban J connectivity index is 1.42. The second-order valence-electron chi connectivity index (χ2n) is 6.67. The van der Waals surface area contributed by atoms with E-state index in [9.17, 15) is 8.42 Å². The van der Waals surface area contributed by atoms with Crippen molar-refractivity contribution >= 4 is 21.6 Å². The molecule has 1 aromatic heterocycles. The summed E-state index contributed by atoms with van der Waals surface area (Å²) in [5, 5.41) is 11.5. The molecule has 0 amide bonds. The lowest BCUT2D eigenvalue weighted by molar-refractivity contribution is 0.0134. The van der Waals surface area contributed by atoms with Crippen molar-refractivity contribution in [2.45, 2.75) is 13.1 Å². The smallest absolute Gasteiger partial charge is 0.152 e. The monoisotopic (exact) mass is 451 g/mol. The molecule has 0 saturated carbocycles. The first-order chi connectivity index (χ1) is 14.1.